The van der Waals surface area contributed by atoms with E-state index in [4.69, 9.17) is 4.99 Å². The van der Waals surface area contributed by atoms with Gasteiger partial charge >= 0.3 is 0 Å². The van der Waals surface area contributed by atoms with Gasteiger partial charge in [0.15, 0.2) is 0 Å². The first-order valence-electron chi connectivity index (χ1n) is 10.2. The number of likely N-dealkylation sites (N-methyl/N-ethyl adjacent to an activating group) is 1. The third-order valence-electron chi connectivity index (χ3n) is 7.01. The van der Waals surface area contributed by atoms with Crippen LogP contribution in [-0.4, -0.2) is 35.8 Å². The van der Waals surface area contributed by atoms with E-state index in [-0.39, 0.29) is 5.54 Å². The van der Waals surface area contributed by atoms with Gasteiger partial charge in [0.05, 0.1) is 0 Å². The number of rotatable bonds is 3. The predicted octanol–water partition coefficient (Wildman–Crippen LogP) is 5.55. The highest BCUT2D eigenvalue weighted by Crippen LogP contribution is 2.40. The van der Waals surface area contributed by atoms with E-state index >= 15 is 0 Å². The molecule has 0 aromatic heterocycles. The van der Waals surface area contributed by atoms with Gasteiger partial charge in [-0.15, -0.1) is 0 Å². The summed E-state index contributed by atoms with van der Waals surface area (Å²) in [6, 6.07) is 0.645. The van der Waals surface area contributed by atoms with Crippen molar-refractivity contribution in [2.45, 2.75) is 90.1 Å². The van der Waals surface area contributed by atoms with E-state index in [1.807, 2.05) is 0 Å². The minimum absolute atomic E-state index is 0.0944. The minimum atomic E-state index is 0.0944. The first-order valence-corrected chi connectivity index (χ1v) is 10.2. The zero-order valence-corrected chi connectivity index (χ0v) is 16.3. The van der Waals surface area contributed by atoms with Gasteiger partial charge in [-0.3, -0.25) is 9.89 Å². The monoisotopic (exact) mass is 328 g/mol. The fourth-order valence-electron chi connectivity index (χ4n) is 5.32. The molecule has 3 rings (SSSR count). The standard InChI is InChI=1S/C22H36N2/c1-17-21-20(14-10-16-23-17)13-8-9-15-22(21,3)24(4)18(2)19-11-6-5-7-12-19/h8-9,18-19H,5-7,10-16H2,1-4H3. The van der Waals surface area contributed by atoms with E-state index in [1.54, 1.807) is 11.1 Å². The number of allylic oxidation sites excluding steroid dienone is 2. The molecule has 2 atom stereocenters. The van der Waals surface area contributed by atoms with Crippen LogP contribution in [0.1, 0.15) is 78.6 Å². The second-order valence-electron chi connectivity index (χ2n) is 8.45. The average molecular weight is 329 g/mol. The first kappa shape index (κ1) is 17.9. The zero-order valence-electron chi connectivity index (χ0n) is 16.3. The van der Waals surface area contributed by atoms with Crippen LogP contribution in [0.3, 0.4) is 0 Å². The molecule has 0 saturated heterocycles. The Balaban J connectivity index is 1.93. The van der Waals surface area contributed by atoms with Crippen molar-refractivity contribution in [3.05, 3.63) is 23.3 Å². The summed E-state index contributed by atoms with van der Waals surface area (Å²) in [6.07, 6.45) is 16.6. The van der Waals surface area contributed by atoms with E-state index < -0.39 is 0 Å². The fourth-order valence-corrected chi connectivity index (χ4v) is 5.32. The van der Waals surface area contributed by atoms with Crippen LogP contribution in [0.2, 0.25) is 0 Å². The molecule has 0 radical (unpaired) electrons. The lowest BCUT2D eigenvalue weighted by atomic mass is 9.77. The molecule has 1 aliphatic heterocycles. The Morgan fingerprint density at radius 2 is 1.92 bits per heavy atom. The molecule has 1 heterocycles. The van der Waals surface area contributed by atoms with Crippen molar-refractivity contribution in [3.8, 4) is 0 Å². The number of hydrogen-bond donors (Lipinski definition) is 0. The van der Waals surface area contributed by atoms with Crippen molar-refractivity contribution in [3.63, 3.8) is 0 Å². The SMILES string of the molecule is CC1=NCCCC2=C1C(C)(N(C)C(C)C1CCCCC1)CC=CC2. The second-order valence-corrected chi connectivity index (χ2v) is 8.45. The first-order chi connectivity index (χ1) is 11.5. The smallest absolute Gasteiger partial charge is 0.0484 e. The number of hydrogen-bond acceptors (Lipinski definition) is 2. The van der Waals surface area contributed by atoms with E-state index in [9.17, 15) is 0 Å². The molecule has 2 heteroatoms. The van der Waals surface area contributed by atoms with Gasteiger partial charge in [0.2, 0.25) is 0 Å². The summed E-state index contributed by atoms with van der Waals surface area (Å²) in [5.41, 5.74) is 4.61. The van der Waals surface area contributed by atoms with Crippen molar-refractivity contribution in [2.75, 3.05) is 13.6 Å². The van der Waals surface area contributed by atoms with Crippen LogP contribution in [-0.2, 0) is 0 Å². The molecule has 1 saturated carbocycles. The largest absolute Gasteiger partial charge is 0.294 e. The zero-order chi connectivity index (χ0) is 17.2. The molecule has 2 nitrogen and oxygen atoms in total. The van der Waals surface area contributed by atoms with Crippen LogP contribution in [0.15, 0.2) is 28.3 Å². The van der Waals surface area contributed by atoms with Gasteiger partial charge in [0.1, 0.15) is 0 Å². The van der Waals surface area contributed by atoms with Crippen LogP contribution in [0.5, 0.6) is 0 Å². The lowest BCUT2D eigenvalue weighted by molar-refractivity contribution is 0.0780. The third kappa shape index (κ3) is 3.40. The van der Waals surface area contributed by atoms with Gasteiger partial charge in [-0.2, -0.15) is 0 Å². The topological polar surface area (TPSA) is 15.6 Å². The van der Waals surface area contributed by atoms with Crippen LogP contribution >= 0.6 is 0 Å². The lowest BCUT2D eigenvalue weighted by Gasteiger charge is -2.47. The summed E-state index contributed by atoms with van der Waals surface area (Å²) in [6.45, 7) is 8.20. The molecule has 0 aromatic carbocycles. The predicted molar refractivity (Wildman–Crippen MR) is 105 cm³/mol. The Labute approximate surface area is 149 Å². The van der Waals surface area contributed by atoms with Crippen molar-refractivity contribution >= 4 is 5.71 Å². The average Bonchev–Trinajstić information content (AvgIpc) is 2.89. The van der Waals surface area contributed by atoms with E-state index in [1.165, 1.54) is 50.7 Å². The number of nitrogens with zero attached hydrogens (tertiary/aromatic N) is 2. The van der Waals surface area contributed by atoms with Crippen molar-refractivity contribution in [1.29, 1.82) is 0 Å². The Kier molecular flexibility index (Phi) is 5.64. The van der Waals surface area contributed by atoms with Gasteiger partial charge in [-0.05, 0) is 77.8 Å². The maximum Gasteiger partial charge on any atom is 0.0484 e. The van der Waals surface area contributed by atoms with Crippen LogP contribution in [0.4, 0.5) is 0 Å². The quantitative estimate of drug-likeness (QED) is 0.620. The minimum Gasteiger partial charge on any atom is -0.294 e. The summed E-state index contributed by atoms with van der Waals surface area (Å²) in [5, 5.41) is 0. The van der Waals surface area contributed by atoms with Gasteiger partial charge in [-0.25, -0.2) is 0 Å². The molecule has 3 aliphatic rings. The van der Waals surface area contributed by atoms with E-state index in [0.717, 1.165) is 25.3 Å². The maximum absolute atomic E-state index is 4.90. The van der Waals surface area contributed by atoms with Crippen LogP contribution < -0.4 is 0 Å². The maximum atomic E-state index is 4.90. The molecule has 134 valence electrons. The normalized spacial score (nSPS) is 30.6. The lowest BCUT2D eigenvalue weighted by Crippen LogP contribution is -2.53. The highest BCUT2D eigenvalue weighted by molar-refractivity contribution is 6.01. The molecule has 1 fully saturated rings. The Morgan fingerprint density at radius 1 is 1.17 bits per heavy atom. The van der Waals surface area contributed by atoms with Gasteiger partial charge < -0.3 is 0 Å². The molecule has 0 bridgehead atoms. The Morgan fingerprint density at radius 3 is 2.67 bits per heavy atom. The molecular weight excluding hydrogens is 292 g/mol. The van der Waals surface area contributed by atoms with Crippen molar-refractivity contribution in [2.24, 2.45) is 10.9 Å². The summed E-state index contributed by atoms with van der Waals surface area (Å²) in [4.78, 5) is 7.61. The highest BCUT2D eigenvalue weighted by atomic mass is 15.2. The summed E-state index contributed by atoms with van der Waals surface area (Å²) < 4.78 is 0. The fraction of sp³-hybridized carbons (Fsp3) is 0.773. The number of aliphatic imine (C=N–C) groups is 1. The molecular formula is C22H36N2. The van der Waals surface area contributed by atoms with Crippen molar-refractivity contribution < 1.29 is 0 Å². The molecule has 24 heavy (non-hydrogen) atoms. The molecule has 0 amide bonds. The second kappa shape index (κ2) is 7.56. The summed E-state index contributed by atoms with van der Waals surface area (Å²) in [5.74, 6) is 0.861. The van der Waals surface area contributed by atoms with E-state index in [0.29, 0.717) is 6.04 Å². The van der Waals surface area contributed by atoms with Crippen molar-refractivity contribution in [1.82, 2.24) is 4.90 Å². The van der Waals surface area contributed by atoms with Gasteiger partial charge in [0, 0.05) is 23.8 Å². The molecule has 0 aromatic rings. The highest BCUT2D eigenvalue weighted by Gasteiger charge is 2.40. The Hall–Kier alpha value is -0.890. The third-order valence-corrected chi connectivity index (χ3v) is 7.01. The summed E-state index contributed by atoms with van der Waals surface area (Å²) in [7, 11) is 2.38. The summed E-state index contributed by atoms with van der Waals surface area (Å²) >= 11 is 0. The van der Waals surface area contributed by atoms with Crippen LogP contribution in [0, 0.1) is 5.92 Å². The Bertz CT molecular complexity index is 536. The molecule has 0 N–H and O–H groups in total. The van der Waals surface area contributed by atoms with Gasteiger partial charge in [-0.1, -0.05) is 37.0 Å². The van der Waals surface area contributed by atoms with E-state index in [2.05, 4.69) is 44.9 Å². The van der Waals surface area contributed by atoms with Crippen LogP contribution in [0.25, 0.3) is 0 Å². The molecule has 0 spiro atoms. The molecule has 2 unspecified atom stereocenters. The molecule has 2 aliphatic carbocycles. The van der Waals surface area contributed by atoms with Gasteiger partial charge in [0.25, 0.3) is 0 Å².